The lowest BCUT2D eigenvalue weighted by atomic mass is 10.2. The molecule has 0 amide bonds. The van der Waals surface area contributed by atoms with Gasteiger partial charge in [-0.25, -0.2) is 15.1 Å². The summed E-state index contributed by atoms with van der Waals surface area (Å²) < 4.78 is 35.7. The predicted octanol–water partition coefficient (Wildman–Crippen LogP) is 0.319. The molecule has 136 valence electrons. The van der Waals surface area contributed by atoms with E-state index < -0.39 is 10.2 Å². The second kappa shape index (κ2) is 7.20. The Balaban J connectivity index is 1.97. The minimum Gasteiger partial charge on any atom is -0.493 e. The topological polar surface area (TPSA) is 120 Å². The number of methoxy groups -OCH3 is 2. The molecule has 1 atom stereocenters. The molecule has 0 bridgehead atoms. The number of nitrogens with one attached hydrogen (secondary N) is 1. The Morgan fingerprint density at radius 1 is 1.28 bits per heavy atom. The van der Waals surface area contributed by atoms with Gasteiger partial charge in [0.05, 0.1) is 25.1 Å². The summed E-state index contributed by atoms with van der Waals surface area (Å²) in [6.45, 7) is 1.18. The fourth-order valence-electron chi connectivity index (χ4n) is 2.72. The molecule has 0 radical (unpaired) electrons. The third kappa shape index (κ3) is 4.06. The van der Waals surface area contributed by atoms with Crippen molar-refractivity contribution in [2.45, 2.75) is 5.37 Å². The highest BCUT2D eigenvalue weighted by molar-refractivity contribution is 8.00. The average Bonchev–Trinajstić information content (AvgIpc) is 2.58. The smallest absolute Gasteiger partial charge is 0.275 e. The summed E-state index contributed by atoms with van der Waals surface area (Å²) in [5, 5.41) is 5.55. The van der Waals surface area contributed by atoms with Gasteiger partial charge in [0.15, 0.2) is 11.5 Å². The van der Waals surface area contributed by atoms with Crippen LogP contribution >= 0.6 is 11.8 Å². The van der Waals surface area contributed by atoms with Gasteiger partial charge in [-0.15, -0.1) is 11.8 Å². The Bertz CT molecular complexity index is 877. The molecule has 1 fully saturated rings. The first-order chi connectivity index (χ1) is 11.9. The molecule has 1 aromatic heterocycles. The number of fused-ring (bicyclic) bond motifs is 1. The van der Waals surface area contributed by atoms with Gasteiger partial charge >= 0.3 is 0 Å². The molecule has 0 saturated carbocycles. The largest absolute Gasteiger partial charge is 0.493 e. The Hall–Kier alpha value is -1.82. The van der Waals surface area contributed by atoms with Gasteiger partial charge in [-0.05, 0) is 6.07 Å². The number of rotatable bonds is 5. The van der Waals surface area contributed by atoms with Crippen LogP contribution < -0.4 is 24.2 Å². The van der Waals surface area contributed by atoms with Crippen LogP contribution in [0.3, 0.4) is 0 Å². The highest BCUT2D eigenvalue weighted by Gasteiger charge is 2.25. The van der Waals surface area contributed by atoms with Crippen molar-refractivity contribution in [3.63, 3.8) is 0 Å². The Kier molecular flexibility index (Phi) is 5.18. The van der Waals surface area contributed by atoms with E-state index in [0.29, 0.717) is 23.9 Å². The molecule has 1 aliphatic heterocycles. The minimum absolute atomic E-state index is 0.339. The SMILES string of the molecule is COc1cc2ncnc(N3CCSC(NS(N)(=O)=O)C3)c2cc1OC. The highest BCUT2D eigenvalue weighted by Crippen LogP contribution is 2.35. The van der Waals surface area contributed by atoms with E-state index in [2.05, 4.69) is 14.7 Å². The first kappa shape index (κ1) is 18.0. The second-order valence-electron chi connectivity index (χ2n) is 5.39. The van der Waals surface area contributed by atoms with Gasteiger partial charge < -0.3 is 14.4 Å². The van der Waals surface area contributed by atoms with Crippen LogP contribution in [-0.4, -0.2) is 56.8 Å². The third-order valence-corrected chi connectivity index (χ3v) is 5.63. The molecular weight excluding hydrogens is 366 g/mol. The van der Waals surface area contributed by atoms with Gasteiger partial charge in [0.25, 0.3) is 10.2 Å². The molecule has 25 heavy (non-hydrogen) atoms. The molecular formula is C14H19N5O4S2. The third-order valence-electron chi connectivity index (χ3n) is 3.78. The predicted molar refractivity (Wildman–Crippen MR) is 97.3 cm³/mol. The molecule has 0 spiro atoms. The summed E-state index contributed by atoms with van der Waals surface area (Å²) in [4.78, 5) is 10.7. The number of ether oxygens (including phenoxy) is 2. The molecule has 1 aromatic carbocycles. The standard InChI is InChI=1S/C14H19N5O4S2/c1-22-11-5-9-10(6-12(11)23-2)16-8-17-14(9)19-3-4-24-13(7-19)18-25(15,20)21/h5-6,8,13,18H,3-4,7H2,1-2H3,(H2,15,20,21). The summed E-state index contributed by atoms with van der Waals surface area (Å²) in [6.07, 6.45) is 1.48. The number of nitrogens with two attached hydrogens (primary N) is 1. The van der Waals surface area contributed by atoms with Gasteiger partial charge in [0.2, 0.25) is 0 Å². The molecule has 1 aliphatic rings. The van der Waals surface area contributed by atoms with Crippen molar-refractivity contribution < 1.29 is 17.9 Å². The van der Waals surface area contributed by atoms with E-state index in [-0.39, 0.29) is 5.37 Å². The molecule has 9 nitrogen and oxygen atoms in total. The lowest BCUT2D eigenvalue weighted by Gasteiger charge is -2.33. The summed E-state index contributed by atoms with van der Waals surface area (Å²) in [7, 11) is -0.625. The molecule has 2 heterocycles. The molecule has 2 aromatic rings. The minimum atomic E-state index is -3.76. The van der Waals surface area contributed by atoms with E-state index in [4.69, 9.17) is 14.6 Å². The fourth-order valence-corrected chi connectivity index (χ4v) is 4.73. The van der Waals surface area contributed by atoms with Crippen molar-refractivity contribution in [1.29, 1.82) is 0 Å². The van der Waals surface area contributed by atoms with E-state index in [1.54, 1.807) is 20.3 Å². The summed E-state index contributed by atoms with van der Waals surface area (Å²) >= 11 is 1.51. The van der Waals surface area contributed by atoms with E-state index >= 15 is 0 Å². The molecule has 3 rings (SSSR count). The Morgan fingerprint density at radius 2 is 2.00 bits per heavy atom. The van der Waals surface area contributed by atoms with Crippen molar-refractivity contribution in [2.75, 3.05) is 38.0 Å². The number of hydrogen-bond acceptors (Lipinski definition) is 8. The second-order valence-corrected chi connectivity index (χ2v) is 8.03. The summed E-state index contributed by atoms with van der Waals surface area (Å²) in [5.41, 5.74) is 0.719. The quantitative estimate of drug-likeness (QED) is 0.755. The van der Waals surface area contributed by atoms with E-state index in [1.165, 1.54) is 18.1 Å². The maximum atomic E-state index is 11.3. The van der Waals surface area contributed by atoms with Crippen LogP contribution in [0.15, 0.2) is 18.5 Å². The zero-order valence-electron chi connectivity index (χ0n) is 13.8. The number of hydrogen-bond donors (Lipinski definition) is 2. The van der Waals surface area contributed by atoms with Crippen LogP contribution in [0.4, 0.5) is 5.82 Å². The van der Waals surface area contributed by atoms with Crippen molar-refractivity contribution in [1.82, 2.24) is 14.7 Å². The number of aromatic nitrogens is 2. The van der Waals surface area contributed by atoms with Crippen molar-refractivity contribution in [2.24, 2.45) is 5.14 Å². The Labute approximate surface area is 150 Å². The number of thioether (sulfide) groups is 1. The zero-order chi connectivity index (χ0) is 18.0. The summed E-state index contributed by atoms with van der Waals surface area (Å²) in [6, 6.07) is 3.62. The van der Waals surface area contributed by atoms with Gasteiger partial charge in [-0.3, -0.25) is 0 Å². The van der Waals surface area contributed by atoms with Crippen LogP contribution in [0.2, 0.25) is 0 Å². The average molecular weight is 385 g/mol. The number of nitrogens with zero attached hydrogens (tertiary/aromatic N) is 3. The number of benzene rings is 1. The molecule has 3 N–H and O–H groups in total. The van der Waals surface area contributed by atoms with Crippen LogP contribution in [0, 0.1) is 0 Å². The first-order valence-corrected chi connectivity index (χ1v) is 10.0. The molecule has 1 unspecified atom stereocenters. The zero-order valence-corrected chi connectivity index (χ0v) is 15.4. The maximum Gasteiger partial charge on any atom is 0.275 e. The van der Waals surface area contributed by atoms with Crippen LogP contribution in [-0.2, 0) is 10.2 Å². The number of anilines is 1. The molecule has 11 heteroatoms. The van der Waals surface area contributed by atoms with Crippen molar-refractivity contribution >= 4 is 38.7 Å². The Morgan fingerprint density at radius 3 is 2.68 bits per heavy atom. The van der Waals surface area contributed by atoms with Gasteiger partial charge in [0, 0.05) is 30.3 Å². The van der Waals surface area contributed by atoms with Crippen LogP contribution in [0.25, 0.3) is 10.9 Å². The maximum absolute atomic E-state index is 11.3. The van der Waals surface area contributed by atoms with Crippen LogP contribution in [0.1, 0.15) is 0 Å². The van der Waals surface area contributed by atoms with Gasteiger partial charge in [-0.1, -0.05) is 0 Å². The van der Waals surface area contributed by atoms with Crippen molar-refractivity contribution in [3.05, 3.63) is 18.5 Å². The fraction of sp³-hybridized carbons (Fsp3) is 0.429. The first-order valence-electron chi connectivity index (χ1n) is 7.44. The highest BCUT2D eigenvalue weighted by atomic mass is 32.2. The molecule has 1 saturated heterocycles. The van der Waals surface area contributed by atoms with Crippen LogP contribution in [0.5, 0.6) is 11.5 Å². The molecule has 0 aliphatic carbocycles. The lowest BCUT2D eigenvalue weighted by Crippen LogP contribution is -2.48. The van der Waals surface area contributed by atoms with E-state index in [9.17, 15) is 8.42 Å². The van der Waals surface area contributed by atoms with E-state index in [0.717, 1.165) is 23.2 Å². The monoisotopic (exact) mass is 385 g/mol. The van der Waals surface area contributed by atoms with Crippen molar-refractivity contribution in [3.8, 4) is 11.5 Å². The van der Waals surface area contributed by atoms with E-state index in [1.807, 2.05) is 11.0 Å². The summed E-state index contributed by atoms with van der Waals surface area (Å²) in [5.74, 6) is 2.62. The normalized spacial score (nSPS) is 18.4. The lowest BCUT2D eigenvalue weighted by molar-refractivity contribution is 0.356. The van der Waals surface area contributed by atoms with Gasteiger partial charge in [-0.2, -0.15) is 13.1 Å². The van der Waals surface area contributed by atoms with Gasteiger partial charge in [0.1, 0.15) is 12.1 Å².